The molecular weight excluding hydrogens is 261 g/mol. The molecule has 0 saturated heterocycles. The van der Waals surface area contributed by atoms with Gasteiger partial charge in [0.25, 0.3) is 0 Å². The van der Waals surface area contributed by atoms with E-state index in [-0.39, 0.29) is 11.9 Å². The molecule has 0 fully saturated rings. The lowest BCUT2D eigenvalue weighted by Crippen LogP contribution is -2.21. The molecule has 1 atom stereocenters. The van der Waals surface area contributed by atoms with Crippen molar-refractivity contribution in [2.24, 2.45) is 0 Å². The second kappa shape index (κ2) is 10.7. The Morgan fingerprint density at radius 3 is 2.75 bits per heavy atom. The van der Waals surface area contributed by atoms with E-state index in [0.717, 1.165) is 12.0 Å². The van der Waals surface area contributed by atoms with Crippen LogP contribution in [0.4, 0.5) is 4.39 Å². The molecule has 0 spiro atoms. The third-order valence-corrected chi connectivity index (χ3v) is 2.79. The molecule has 114 valence electrons. The van der Waals surface area contributed by atoms with Crippen molar-refractivity contribution < 1.29 is 18.6 Å². The summed E-state index contributed by atoms with van der Waals surface area (Å²) < 4.78 is 29.3. The van der Waals surface area contributed by atoms with E-state index in [4.69, 9.17) is 14.2 Å². The molecular formula is C15H24FNO3. The molecule has 1 aromatic carbocycles. The number of halogens is 1. The van der Waals surface area contributed by atoms with Crippen molar-refractivity contribution in [3.63, 3.8) is 0 Å². The van der Waals surface area contributed by atoms with E-state index >= 15 is 0 Å². The van der Waals surface area contributed by atoms with Crippen molar-refractivity contribution in [1.82, 2.24) is 5.32 Å². The topological polar surface area (TPSA) is 39.7 Å². The fourth-order valence-corrected chi connectivity index (χ4v) is 1.82. The SMILES string of the molecule is CNCC(OCCOCCCOC)c1cccc(F)c1. The number of benzene rings is 1. The smallest absolute Gasteiger partial charge is 0.123 e. The van der Waals surface area contributed by atoms with Gasteiger partial charge < -0.3 is 19.5 Å². The normalized spacial score (nSPS) is 12.6. The fraction of sp³-hybridized carbons (Fsp3) is 0.600. The average Bonchev–Trinajstić information content (AvgIpc) is 2.45. The number of rotatable bonds is 11. The van der Waals surface area contributed by atoms with Gasteiger partial charge in [-0.2, -0.15) is 0 Å². The van der Waals surface area contributed by atoms with E-state index in [1.807, 2.05) is 13.1 Å². The minimum Gasteiger partial charge on any atom is -0.385 e. The number of hydrogen-bond acceptors (Lipinski definition) is 4. The van der Waals surface area contributed by atoms with E-state index in [0.29, 0.717) is 33.0 Å². The first-order valence-electron chi connectivity index (χ1n) is 6.86. The molecule has 1 rings (SSSR count). The Morgan fingerprint density at radius 1 is 1.20 bits per heavy atom. The molecule has 20 heavy (non-hydrogen) atoms. The number of methoxy groups -OCH3 is 1. The minimum absolute atomic E-state index is 0.168. The van der Waals surface area contributed by atoms with Crippen LogP contribution in [0, 0.1) is 5.82 Å². The first-order valence-corrected chi connectivity index (χ1v) is 6.86. The van der Waals surface area contributed by atoms with E-state index in [1.54, 1.807) is 13.2 Å². The van der Waals surface area contributed by atoms with Crippen molar-refractivity contribution >= 4 is 0 Å². The first-order chi connectivity index (χ1) is 9.77. The molecule has 0 aliphatic rings. The maximum absolute atomic E-state index is 13.2. The molecule has 1 N–H and O–H groups in total. The van der Waals surface area contributed by atoms with Gasteiger partial charge in [-0.25, -0.2) is 4.39 Å². The second-order valence-electron chi connectivity index (χ2n) is 4.43. The molecule has 0 aliphatic carbocycles. The summed E-state index contributed by atoms with van der Waals surface area (Å²) in [6.07, 6.45) is 0.707. The molecule has 0 aromatic heterocycles. The zero-order valence-electron chi connectivity index (χ0n) is 12.2. The number of nitrogens with one attached hydrogen (secondary N) is 1. The zero-order valence-corrected chi connectivity index (χ0v) is 12.2. The van der Waals surface area contributed by atoms with Gasteiger partial charge in [0.05, 0.1) is 19.3 Å². The molecule has 0 amide bonds. The van der Waals surface area contributed by atoms with Crippen LogP contribution in [-0.4, -0.2) is 47.1 Å². The van der Waals surface area contributed by atoms with E-state index in [2.05, 4.69) is 5.32 Å². The van der Waals surface area contributed by atoms with Gasteiger partial charge in [-0.15, -0.1) is 0 Å². The van der Waals surface area contributed by atoms with Gasteiger partial charge in [0, 0.05) is 26.9 Å². The van der Waals surface area contributed by atoms with Crippen LogP contribution in [0.2, 0.25) is 0 Å². The summed E-state index contributed by atoms with van der Waals surface area (Å²) in [5.74, 6) is -0.247. The Hall–Kier alpha value is -1.01. The van der Waals surface area contributed by atoms with Crippen LogP contribution in [0.25, 0.3) is 0 Å². The van der Waals surface area contributed by atoms with Gasteiger partial charge in [0.15, 0.2) is 0 Å². The maximum atomic E-state index is 13.2. The maximum Gasteiger partial charge on any atom is 0.123 e. The van der Waals surface area contributed by atoms with Crippen LogP contribution in [0.1, 0.15) is 18.1 Å². The van der Waals surface area contributed by atoms with Gasteiger partial charge >= 0.3 is 0 Å². The lowest BCUT2D eigenvalue weighted by Gasteiger charge is -2.18. The fourth-order valence-electron chi connectivity index (χ4n) is 1.82. The molecule has 5 heteroatoms. The van der Waals surface area contributed by atoms with Crippen LogP contribution < -0.4 is 5.32 Å². The first kappa shape index (κ1) is 17.0. The van der Waals surface area contributed by atoms with Crippen molar-refractivity contribution in [1.29, 1.82) is 0 Å². The summed E-state index contributed by atoms with van der Waals surface area (Å²) in [5, 5.41) is 3.05. The molecule has 0 saturated carbocycles. The molecule has 0 aliphatic heterocycles. The lowest BCUT2D eigenvalue weighted by atomic mass is 10.1. The Balaban J connectivity index is 2.29. The van der Waals surface area contributed by atoms with Crippen molar-refractivity contribution in [3.05, 3.63) is 35.6 Å². The lowest BCUT2D eigenvalue weighted by molar-refractivity contribution is 0.00131. The molecule has 4 nitrogen and oxygen atoms in total. The number of likely N-dealkylation sites (N-methyl/N-ethyl adjacent to an activating group) is 1. The van der Waals surface area contributed by atoms with Crippen LogP contribution in [-0.2, 0) is 14.2 Å². The van der Waals surface area contributed by atoms with Crippen molar-refractivity contribution in [2.75, 3.05) is 47.1 Å². The molecule has 1 unspecified atom stereocenters. The molecule has 0 heterocycles. The van der Waals surface area contributed by atoms with Gasteiger partial charge in [0.2, 0.25) is 0 Å². The largest absolute Gasteiger partial charge is 0.385 e. The zero-order chi connectivity index (χ0) is 14.6. The highest BCUT2D eigenvalue weighted by molar-refractivity contribution is 5.19. The van der Waals surface area contributed by atoms with Gasteiger partial charge in [-0.3, -0.25) is 0 Å². The van der Waals surface area contributed by atoms with E-state index in [9.17, 15) is 4.39 Å². The van der Waals surface area contributed by atoms with Crippen LogP contribution in [0.3, 0.4) is 0 Å². The van der Waals surface area contributed by atoms with Gasteiger partial charge in [-0.05, 0) is 31.2 Å². The summed E-state index contributed by atoms with van der Waals surface area (Å²) in [5.41, 5.74) is 0.832. The highest BCUT2D eigenvalue weighted by Gasteiger charge is 2.11. The predicted molar refractivity (Wildman–Crippen MR) is 76.3 cm³/mol. The molecule has 0 bridgehead atoms. The third-order valence-electron chi connectivity index (χ3n) is 2.79. The summed E-state index contributed by atoms with van der Waals surface area (Å²) in [6, 6.07) is 6.49. The number of hydrogen-bond donors (Lipinski definition) is 1. The summed E-state index contributed by atoms with van der Waals surface area (Å²) in [6.45, 7) is 3.00. The third kappa shape index (κ3) is 6.96. The Kier molecular flexibility index (Phi) is 9.15. The average molecular weight is 285 g/mol. The monoisotopic (exact) mass is 285 g/mol. The van der Waals surface area contributed by atoms with Gasteiger partial charge in [0.1, 0.15) is 5.82 Å². The van der Waals surface area contributed by atoms with Gasteiger partial charge in [-0.1, -0.05) is 12.1 Å². The standard InChI is InChI=1S/C15H24FNO3/c1-17-12-15(13-5-3-6-14(16)11-13)20-10-9-19-8-4-7-18-2/h3,5-6,11,15,17H,4,7-10,12H2,1-2H3. The minimum atomic E-state index is -0.247. The Morgan fingerprint density at radius 2 is 2.05 bits per heavy atom. The Labute approximate surface area is 120 Å². The van der Waals surface area contributed by atoms with E-state index < -0.39 is 0 Å². The molecule has 1 aromatic rings. The highest BCUT2D eigenvalue weighted by atomic mass is 19.1. The van der Waals surface area contributed by atoms with E-state index in [1.165, 1.54) is 12.1 Å². The van der Waals surface area contributed by atoms with Crippen molar-refractivity contribution in [3.8, 4) is 0 Å². The van der Waals surface area contributed by atoms with Crippen LogP contribution >= 0.6 is 0 Å². The Bertz CT molecular complexity index is 363. The highest BCUT2D eigenvalue weighted by Crippen LogP contribution is 2.17. The quantitative estimate of drug-likeness (QED) is 0.632. The summed E-state index contributed by atoms with van der Waals surface area (Å²) in [4.78, 5) is 0. The van der Waals surface area contributed by atoms with Crippen LogP contribution in [0.5, 0.6) is 0 Å². The van der Waals surface area contributed by atoms with Crippen LogP contribution in [0.15, 0.2) is 24.3 Å². The predicted octanol–water partition coefficient (Wildman–Crippen LogP) is 2.16. The molecule has 0 radical (unpaired) electrons. The summed E-state index contributed by atoms with van der Waals surface area (Å²) in [7, 11) is 3.52. The second-order valence-corrected chi connectivity index (χ2v) is 4.43. The van der Waals surface area contributed by atoms with Crippen molar-refractivity contribution in [2.45, 2.75) is 12.5 Å². The summed E-state index contributed by atoms with van der Waals surface area (Å²) >= 11 is 0. The number of ether oxygens (including phenoxy) is 3.